The lowest BCUT2D eigenvalue weighted by Crippen LogP contribution is -2.15. The Morgan fingerprint density at radius 2 is 2.00 bits per heavy atom. The van der Waals surface area contributed by atoms with Crippen molar-refractivity contribution in [3.05, 3.63) is 29.6 Å². The predicted molar refractivity (Wildman–Crippen MR) is 50.7 cm³/mol. The maximum atomic E-state index is 12.7. The summed E-state index contributed by atoms with van der Waals surface area (Å²) >= 11 is 0. The van der Waals surface area contributed by atoms with Gasteiger partial charge in [-0.1, -0.05) is 0 Å². The minimum atomic E-state index is -4.16. The van der Waals surface area contributed by atoms with Crippen LogP contribution < -0.4 is 0 Å². The molecule has 0 atom stereocenters. The Morgan fingerprint density at radius 1 is 1.40 bits per heavy atom. The third kappa shape index (κ3) is 2.15. The first-order chi connectivity index (χ1) is 6.89. The summed E-state index contributed by atoms with van der Waals surface area (Å²) in [6, 6.07) is 3.05. The van der Waals surface area contributed by atoms with Crippen LogP contribution >= 0.6 is 0 Å². The number of halogens is 1. The first kappa shape index (κ1) is 11.6. The van der Waals surface area contributed by atoms with Crippen LogP contribution in [0.25, 0.3) is 0 Å². The zero-order valence-corrected chi connectivity index (χ0v) is 8.97. The molecule has 0 bridgehead atoms. The van der Waals surface area contributed by atoms with Gasteiger partial charge >= 0.3 is 5.30 Å². The summed E-state index contributed by atoms with van der Waals surface area (Å²) in [5, 5.41) is -1.35. The van der Waals surface area contributed by atoms with Gasteiger partial charge in [-0.3, -0.25) is 0 Å². The van der Waals surface area contributed by atoms with Crippen molar-refractivity contribution in [1.82, 2.24) is 0 Å². The molecule has 0 unspecified atom stereocenters. The first-order valence-electron chi connectivity index (χ1n) is 3.99. The molecule has 0 aromatic heterocycles. The zero-order valence-electron chi connectivity index (χ0n) is 8.15. The highest BCUT2D eigenvalue weighted by Crippen LogP contribution is 2.18. The van der Waals surface area contributed by atoms with Gasteiger partial charge < -0.3 is 4.74 Å². The van der Waals surface area contributed by atoms with E-state index in [9.17, 15) is 17.6 Å². The van der Waals surface area contributed by atoms with Gasteiger partial charge in [-0.05, 0) is 30.7 Å². The van der Waals surface area contributed by atoms with Crippen LogP contribution in [0.2, 0.25) is 0 Å². The topological polar surface area (TPSA) is 60.4 Å². The average molecular weight is 232 g/mol. The minimum absolute atomic E-state index is 0.167. The Kier molecular flexibility index (Phi) is 3.09. The van der Waals surface area contributed by atoms with E-state index in [4.69, 9.17) is 0 Å². The monoisotopic (exact) mass is 232 g/mol. The molecule has 1 aromatic rings. The van der Waals surface area contributed by atoms with E-state index in [-0.39, 0.29) is 10.5 Å². The molecule has 1 rings (SSSR count). The summed E-state index contributed by atoms with van der Waals surface area (Å²) in [6.45, 7) is 1.40. The summed E-state index contributed by atoms with van der Waals surface area (Å²) in [5.74, 6) is -0.559. The summed E-state index contributed by atoms with van der Waals surface area (Å²) in [7, 11) is -3.19. The summed E-state index contributed by atoms with van der Waals surface area (Å²) in [4.78, 5) is 10.7. The minimum Gasteiger partial charge on any atom is -0.457 e. The fraction of sp³-hybridized carbons (Fsp3) is 0.222. The maximum absolute atomic E-state index is 12.7. The molecular weight excluding hydrogens is 223 g/mol. The molecule has 6 heteroatoms. The molecule has 0 aliphatic rings. The average Bonchev–Trinajstić information content (AvgIpc) is 2.15. The lowest BCUT2D eigenvalue weighted by molar-refractivity contribution is 0.197. The Bertz CT molecular complexity index is 493. The zero-order chi connectivity index (χ0) is 11.6. The van der Waals surface area contributed by atoms with E-state index in [1.807, 2.05) is 0 Å². The van der Waals surface area contributed by atoms with Gasteiger partial charge in [-0.2, -0.15) is 0 Å². The summed E-state index contributed by atoms with van der Waals surface area (Å²) in [6.07, 6.45) is 0. The number of hydrogen-bond acceptors (Lipinski definition) is 4. The van der Waals surface area contributed by atoms with Crippen molar-refractivity contribution >= 4 is 15.1 Å². The van der Waals surface area contributed by atoms with Crippen molar-refractivity contribution in [2.75, 3.05) is 7.11 Å². The van der Waals surface area contributed by atoms with Crippen LogP contribution in [-0.4, -0.2) is 20.8 Å². The Morgan fingerprint density at radius 3 is 2.47 bits per heavy atom. The van der Waals surface area contributed by atoms with Crippen LogP contribution in [-0.2, 0) is 14.6 Å². The van der Waals surface area contributed by atoms with Gasteiger partial charge in [0.15, 0.2) is 0 Å². The first-order valence-corrected chi connectivity index (χ1v) is 5.47. The number of aryl methyl sites for hydroxylation is 1. The molecule has 0 aliphatic heterocycles. The van der Waals surface area contributed by atoms with Crippen LogP contribution in [0.3, 0.4) is 0 Å². The van der Waals surface area contributed by atoms with E-state index < -0.39 is 21.0 Å². The van der Waals surface area contributed by atoms with Crippen molar-refractivity contribution in [2.45, 2.75) is 11.8 Å². The quantitative estimate of drug-likeness (QED) is 0.546. The molecule has 0 heterocycles. The second kappa shape index (κ2) is 3.98. The molecule has 0 spiro atoms. The lowest BCUT2D eigenvalue weighted by Gasteiger charge is -2.04. The fourth-order valence-corrected chi connectivity index (χ4v) is 2.24. The Balaban J connectivity index is 3.35. The number of sulfone groups is 1. The van der Waals surface area contributed by atoms with Crippen molar-refractivity contribution in [1.29, 1.82) is 0 Å². The van der Waals surface area contributed by atoms with Gasteiger partial charge in [0.25, 0.3) is 9.84 Å². The second-order valence-corrected chi connectivity index (χ2v) is 4.65. The molecule has 4 nitrogen and oxygen atoms in total. The largest absolute Gasteiger partial charge is 0.457 e. The summed E-state index contributed by atoms with van der Waals surface area (Å²) < 4.78 is 39.8. The number of benzene rings is 1. The number of carbonyl (C=O) groups is 1. The van der Waals surface area contributed by atoms with Crippen molar-refractivity contribution in [3.8, 4) is 0 Å². The van der Waals surface area contributed by atoms with Crippen molar-refractivity contribution < 1.29 is 22.3 Å². The molecule has 0 fully saturated rings. The fourth-order valence-electron chi connectivity index (χ4n) is 1.11. The van der Waals surface area contributed by atoms with Crippen LogP contribution in [0.4, 0.5) is 9.18 Å². The van der Waals surface area contributed by atoms with Gasteiger partial charge in [-0.15, -0.1) is 0 Å². The van der Waals surface area contributed by atoms with E-state index in [1.165, 1.54) is 6.92 Å². The van der Waals surface area contributed by atoms with Gasteiger partial charge in [0.2, 0.25) is 0 Å². The normalized spacial score (nSPS) is 11.1. The number of carbonyl (C=O) groups excluding carboxylic acids is 1. The Labute approximate surface area is 86.6 Å². The third-order valence-electron chi connectivity index (χ3n) is 1.81. The molecule has 0 amide bonds. The van der Waals surface area contributed by atoms with Crippen LogP contribution in [0.5, 0.6) is 0 Å². The van der Waals surface area contributed by atoms with E-state index in [1.54, 1.807) is 0 Å². The molecule has 0 aliphatic carbocycles. The lowest BCUT2D eigenvalue weighted by atomic mass is 10.2. The standard InChI is InChI=1S/C9H9FO4S/c1-6-5-7(10)3-4-8(6)15(12,13)9(11)14-2/h3-5H,1-2H3. The van der Waals surface area contributed by atoms with E-state index in [0.717, 1.165) is 25.3 Å². The number of methoxy groups -OCH3 is 1. The van der Waals surface area contributed by atoms with Gasteiger partial charge in [0.1, 0.15) is 5.82 Å². The molecule has 15 heavy (non-hydrogen) atoms. The van der Waals surface area contributed by atoms with E-state index >= 15 is 0 Å². The van der Waals surface area contributed by atoms with Gasteiger partial charge in [-0.25, -0.2) is 17.6 Å². The molecule has 0 saturated heterocycles. The summed E-state index contributed by atoms with van der Waals surface area (Å²) in [5.41, 5.74) is 0.167. The number of rotatable bonds is 1. The highest BCUT2D eigenvalue weighted by molar-refractivity contribution is 8.05. The SMILES string of the molecule is COC(=O)S(=O)(=O)c1ccc(F)cc1C. The highest BCUT2D eigenvalue weighted by Gasteiger charge is 2.27. The predicted octanol–water partition coefficient (Wildman–Crippen LogP) is 1.67. The van der Waals surface area contributed by atoms with Crippen molar-refractivity contribution in [2.24, 2.45) is 0 Å². The van der Waals surface area contributed by atoms with Crippen molar-refractivity contribution in [3.63, 3.8) is 0 Å². The molecule has 1 aromatic carbocycles. The van der Waals surface area contributed by atoms with E-state index in [2.05, 4.69) is 4.74 Å². The maximum Gasteiger partial charge on any atom is 0.429 e. The van der Waals surface area contributed by atoms with E-state index in [0.29, 0.717) is 0 Å². The van der Waals surface area contributed by atoms with Gasteiger partial charge in [0, 0.05) is 0 Å². The molecular formula is C9H9FO4S. The third-order valence-corrected chi connectivity index (χ3v) is 3.46. The van der Waals surface area contributed by atoms with Crippen LogP contribution in [0.15, 0.2) is 23.1 Å². The van der Waals surface area contributed by atoms with Gasteiger partial charge in [0.05, 0.1) is 12.0 Å². The number of ether oxygens (including phenoxy) is 1. The molecule has 0 saturated carbocycles. The number of hydrogen-bond donors (Lipinski definition) is 0. The molecule has 0 N–H and O–H groups in total. The molecule has 0 radical (unpaired) electrons. The smallest absolute Gasteiger partial charge is 0.429 e. The molecule has 82 valence electrons. The Hall–Kier alpha value is -1.43. The van der Waals surface area contributed by atoms with Crippen LogP contribution in [0, 0.1) is 12.7 Å². The van der Waals surface area contributed by atoms with Crippen LogP contribution in [0.1, 0.15) is 5.56 Å². The highest BCUT2D eigenvalue weighted by atomic mass is 32.2. The second-order valence-electron chi connectivity index (χ2n) is 2.87.